The average Bonchev–Trinajstić information content (AvgIpc) is 2.68. The number of phenolic OH excluding ortho intramolecular Hbond substituents is 1. The summed E-state index contributed by atoms with van der Waals surface area (Å²) in [6.45, 7) is 4.16. The van der Waals surface area contributed by atoms with Crippen LogP contribution in [0.1, 0.15) is 30.9 Å². The van der Waals surface area contributed by atoms with Crippen LogP contribution in [0.5, 0.6) is 11.5 Å². The van der Waals surface area contributed by atoms with E-state index in [1.165, 1.54) is 24.2 Å². The van der Waals surface area contributed by atoms with Crippen molar-refractivity contribution in [3.05, 3.63) is 57.6 Å². The molecule has 1 fully saturated rings. The average molecular weight is 475 g/mol. The number of methoxy groups -OCH3 is 1. The van der Waals surface area contributed by atoms with Gasteiger partial charge in [0.1, 0.15) is 5.57 Å². The van der Waals surface area contributed by atoms with Gasteiger partial charge >= 0.3 is 0 Å². The topological polar surface area (TPSA) is 78.9 Å². The van der Waals surface area contributed by atoms with Crippen molar-refractivity contribution in [3.63, 3.8) is 0 Å². The second-order valence-electron chi connectivity index (χ2n) is 6.76. The number of rotatable bonds is 4. The SMILES string of the molecule is COc1cc(/C=C2\C(=O)NC(=S)N(c3ccc(C(C)C)cc3)C2=O)cc(Br)c1O. The molecule has 8 heteroatoms. The number of amides is 2. The number of nitrogens with zero attached hydrogens (tertiary/aromatic N) is 1. The molecule has 6 nitrogen and oxygen atoms in total. The van der Waals surface area contributed by atoms with E-state index in [1.807, 2.05) is 12.1 Å². The molecule has 0 saturated carbocycles. The van der Waals surface area contributed by atoms with Gasteiger partial charge in [0.15, 0.2) is 16.6 Å². The zero-order chi connectivity index (χ0) is 21.3. The summed E-state index contributed by atoms with van der Waals surface area (Å²) in [5.41, 5.74) is 2.13. The van der Waals surface area contributed by atoms with Crippen LogP contribution in [0.4, 0.5) is 5.69 Å². The number of benzene rings is 2. The van der Waals surface area contributed by atoms with Crippen LogP contribution < -0.4 is 15.0 Å². The molecule has 0 unspecified atom stereocenters. The summed E-state index contributed by atoms with van der Waals surface area (Å²) < 4.78 is 5.50. The molecule has 1 aliphatic rings. The van der Waals surface area contributed by atoms with Gasteiger partial charge < -0.3 is 9.84 Å². The normalized spacial score (nSPS) is 15.8. The Morgan fingerprint density at radius 2 is 1.86 bits per heavy atom. The lowest BCUT2D eigenvalue weighted by atomic mass is 10.0. The van der Waals surface area contributed by atoms with Crippen molar-refractivity contribution >= 4 is 56.8 Å². The third-order valence-electron chi connectivity index (χ3n) is 4.50. The fourth-order valence-corrected chi connectivity index (χ4v) is 3.64. The van der Waals surface area contributed by atoms with Crippen molar-refractivity contribution in [2.24, 2.45) is 0 Å². The number of carbonyl (C=O) groups is 2. The van der Waals surface area contributed by atoms with Crippen LogP contribution in [0.25, 0.3) is 6.08 Å². The van der Waals surface area contributed by atoms with E-state index in [0.29, 0.717) is 21.6 Å². The lowest BCUT2D eigenvalue weighted by Crippen LogP contribution is -2.54. The number of hydrogen-bond acceptors (Lipinski definition) is 5. The minimum Gasteiger partial charge on any atom is -0.503 e. The van der Waals surface area contributed by atoms with Crippen LogP contribution in [0.3, 0.4) is 0 Å². The third-order valence-corrected chi connectivity index (χ3v) is 5.39. The van der Waals surface area contributed by atoms with Crippen molar-refractivity contribution < 1.29 is 19.4 Å². The van der Waals surface area contributed by atoms with Gasteiger partial charge in [0.2, 0.25) is 0 Å². The second kappa shape index (κ2) is 8.34. The molecule has 1 aliphatic heterocycles. The maximum Gasteiger partial charge on any atom is 0.270 e. The molecule has 29 heavy (non-hydrogen) atoms. The van der Waals surface area contributed by atoms with E-state index < -0.39 is 11.8 Å². The number of nitrogens with one attached hydrogen (secondary N) is 1. The molecule has 1 heterocycles. The van der Waals surface area contributed by atoms with Gasteiger partial charge in [-0.3, -0.25) is 19.8 Å². The van der Waals surface area contributed by atoms with Crippen molar-refractivity contribution in [1.29, 1.82) is 0 Å². The van der Waals surface area contributed by atoms with Gasteiger partial charge in [-0.05, 0) is 75.5 Å². The fraction of sp³-hybridized carbons (Fsp3) is 0.190. The molecule has 0 atom stereocenters. The van der Waals surface area contributed by atoms with Crippen LogP contribution in [-0.4, -0.2) is 29.1 Å². The van der Waals surface area contributed by atoms with Gasteiger partial charge in [-0.2, -0.15) is 0 Å². The largest absolute Gasteiger partial charge is 0.503 e. The Morgan fingerprint density at radius 1 is 1.21 bits per heavy atom. The van der Waals surface area contributed by atoms with Crippen molar-refractivity contribution in [1.82, 2.24) is 5.32 Å². The first kappa shape index (κ1) is 21.0. The highest BCUT2D eigenvalue weighted by atomic mass is 79.9. The summed E-state index contributed by atoms with van der Waals surface area (Å²) >= 11 is 8.46. The zero-order valence-corrected chi connectivity index (χ0v) is 18.4. The molecule has 2 aromatic carbocycles. The van der Waals surface area contributed by atoms with E-state index in [-0.39, 0.29) is 22.2 Å². The van der Waals surface area contributed by atoms with Gasteiger partial charge in [0.05, 0.1) is 17.3 Å². The summed E-state index contributed by atoms with van der Waals surface area (Å²) in [5.74, 6) is -0.614. The molecular formula is C21H19BrN2O4S. The van der Waals surface area contributed by atoms with E-state index in [9.17, 15) is 14.7 Å². The molecule has 150 valence electrons. The zero-order valence-electron chi connectivity index (χ0n) is 16.0. The Labute approximate surface area is 182 Å². The number of anilines is 1. The lowest BCUT2D eigenvalue weighted by molar-refractivity contribution is -0.122. The highest BCUT2D eigenvalue weighted by Crippen LogP contribution is 2.36. The Hall–Kier alpha value is -2.71. The second-order valence-corrected chi connectivity index (χ2v) is 8.00. The number of hydrogen-bond donors (Lipinski definition) is 2. The molecule has 0 spiro atoms. The number of ether oxygens (including phenoxy) is 1. The van der Waals surface area contributed by atoms with Crippen LogP contribution in [0.2, 0.25) is 0 Å². The van der Waals surface area contributed by atoms with Crippen molar-refractivity contribution in [3.8, 4) is 11.5 Å². The Morgan fingerprint density at radius 3 is 2.45 bits per heavy atom. The van der Waals surface area contributed by atoms with Crippen molar-refractivity contribution in [2.45, 2.75) is 19.8 Å². The quantitative estimate of drug-likeness (QED) is 0.395. The van der Waals surface area contributed by atoms with Gasteiger partial charge in [-0.25, -0.2) is 0 Å². The Balaban J connectivity index is 2.01. The van der Waals surface area contributed by atoms with Gasteiger partial charge in [-0.1, -0.05) is 26.0 Å². The van der Waals surface area contributed by atoms with E-state index in [0.717, 1.165) is 5.56 Å². The number of thiocarbonyl (C=S) groups is 1. The number of carbonyl (C=O) groups excluding carboxylic acids is 2. The summed E-state index contributed by atoms with van der Waals surface area (Å²) in [6.07, 6.45) is 1.43. The van der Waals surface area contributed by atoms with Crippen LogP contribution >= 0.6 is 28.1 Å². The molecule has 3 rings (SSSR count). The van der Waals surface area contributed by atoms with E-state index >= 15 is 0 Å². The third kappa shape index (κ3) is 4.18. The molecule has 0 radical (unpaired) electrons. The number of phenols is 1. The smallest absolute Gasteiger partial charge is 0.270 e. The molecule has 2 N–H and O–H groups in total. The van der Waals surface area contributed by atoms with Gasteiger partial charge in [0, 0.05) is 0 Å². The lowest BCUT2D eigenvalue weighted by Gasteiger charge is -2.29. The highest BCUT2D eigenvalue weighted by Gasteiger charge is 2.34. The van der Waals surface area contributed by atoms with Crippen molar-refractivity contribution in [2.75, 3.05) is 12.0 Å². The van der Waals surface area contributed by atoms with Crippen LogP contribution in [-0.2, 0) is 9.59 Å². The molecule has 1 saturated heterocycles. The highest BCUT2D eigenvalue weighted by molar-refractivity contribution is 9.10. The maximum absolute atomic E-state index is 13.1. The van der Waals surface area contributed by atoms with Gasteiger partial charge in [-0.15, -0.1) is 0 Å². The molecule has 0 aromatic heterocycles. The number of halogens is 1. The maximum atomic E-state index is 13.1. The molecule has 2 aromatic rings. The molecule has 0 bridgehead atoms. The van der Waals surface area contributed by atoms with Gasteiger partial charge in [0.25, 0.3) is 11.8 Å². The summed E-state index contributed by atoms with van der Waals surface area (Å²) in [4.78, 5) is 26.8. The predicted octanol–water partition coefficient (Wildman–Crippen LogP) is 4.12. The first-order chi connectivity index (χ1) is 13.7. The monoisotopic (exact) mass is 474 g/mol. The Bertz CT molecular complexity index is 1030. The fourth-order valence-electron chi connectivity index (χ4n) is 2.90. The first-order valence-corrected chi connectivity index (χ1v) is 10.0. The van der Waals surface area contributed by atoms with Crippen LogP contribution in [0.15, 0.2) is 46.4 Å². The molecular weight excluding hydrogens is 456 g/mol. The minimum atomic E-state index is -0.585. The van der Waals surface area contributed by atoms with Crippen LogP contribution in [0, 0.1) is 0 Å². The van der Waals surface area contributed by atoms with E-state index in [1.54, 1.807) is 18.2 Å². The summed E-state index contributed by atoms with van der Waals surface area (Å²) in [7, 11) is 1.41. The summed E-state index contributed by atoms with van der Waals surface area (Å²) in [5, 5.41) is 12.5. The molecule has 0 aliphatic carbocycles. The summed E-state index contributed by atoms with van der Waals surface area (Å²) in [6, 6.07) is 10.6. The predicted molar refractivity (Wildman–Crippen MR) is 119 cm³/mol. The Kier molecular flexibility index (Phi) is 6.04. The van der Waals surface area contributed by atoms with E-state index in [4.69, 9.17) is 17.0 Å². The number of aromatic hydroxyl groups is 1. The van der Waals surface area contributed by atoms with E-state index in [2.05, 4.69) is 35.1 Å². The first-order valence-electron chi connectivity index (χ1n) is 8.80. The standard InChI is InChI=1S/C21H19BrN2O4S/c1-11(2)13-4-6-14(7-5-13)24-20(27)15(19(26)23-21(24)29)8-12-9-16(22)18(25)17(10-12)28-3/h4-11,25H,1-3H3,(H,23,26,29)/b15-8+. The minimum absolute atomic E-state index is 0.0268. The molecule has 2 amide bonds.